The summed E-state index contributed by atoms with van der Waals surface area (Å²) in [5, 5.41) is 18.7. The number of aliphatic hydroxyl groups is 1. The van der Waals surface area contributed by atoms with Crippen LogP contribution >= 0.6 is 0 Å². The van der Waals surface area contributed by atoms with Crippen LogP contribution in [0.1, 0.15) is 44.4 Å². The molecule has 0 saturated heterocycles. The van der Waals surface area contributed by atoms with Gasteiger partial charge in [0.1, 0.15) is 5.75 Å². The molecule has 0 bridgehead atoms. The van der Waals surface area contributed by atoms with E-state index in [4.69, 9.17) is 5.11 Å². The minimum atomic E-state index is -1.32. The Balaban J connectivity index is 2.28. The average Bonchev–Trinajstić information content (AvgIpc) is 2.46. The number of carboxylic acid groups (broad SMARTS) is 1. The van der Waals surface area contributed by atoms with E-state index in [0.29, 0.717) is 5.75 Å². The first-order chi connectivity index (χ1) is 10.6. The molecule has 0 amide bonds. The van der Waals surface area contributed by atoms with E-state index in [9.17, 15) is 9.90 Å². The van der Waals surface area contributed by atoms with Crippen LogP contribution in [0, 0.1) is 0 Å². The second kappa shape index (κ2) is 6.05. The Labute approximate surface area is 136 Å². The van der Waals surface area contributed by atoms with Crippen molar-refractivity contribution in [3.63, 3.8) is 0 Å². The van der Waals surface area contributed by atoms with Crippen LogP contribution in [0.5, 0.6) is 5.75 Å². The van der Waals surface area contributed by atoms with Gasteiger partial charge < -0.3 is 14.9 Å². The normalized spacial score (nSPS) is 12.0. The largest absolute Gasteiger partial charge is 0.511 e. The van der Waals surface area contributed by atoms with Gasteiger partial charge in [0.25, 0.3) is 0 Å². The Bertz CT molecular complexity index is 677. The van der Waals surface area contributed by atoms with Crippen LogP contribution in [0.4, 0.5) is 4.79 Å². The van der Waals surface area contributed by atoms with Crippen LogP contribution in [0.3, 0.4) is 0 Å². The highest BCUT2D eigenvalue weighted by Gasteiger charge is 2.24. The van der Waals surface area contributed by atoms with Gasteiger partial charge in [-0.1, -0.05) is 50.2 Å². The van der Waals surface area contributed by atoms with Crippen molar-refractivity contribution in [1.82, 2.24) is 0 Å². The Hall–Kier alpha value is -2.33. The molecule has 0 atom stereocenters. The number of rotatable bonds is 4. The summed E-state index contributed by atoms with van der Waals surface area (Å²) in [6.45, 7) is 7.71. The molecule has 0 aliphatic heterocycles. The van der Waals surface area contributed by atoms with E-state index in [1.165, 1.54) is 0 Å². The lowest BCUT2D eigenvalue weighted by molar-refractivity contribution is 0.0785. The average molecular weight is 314 g/mol. The summed E-state index contributed by atoms with van der Waals surface area (Å²) in [4.78, 5) is 10.5. The maximum Gasteiger partial charge on any atom is 0.511 e. The van der Waals surface area contributed by atoms with Gasteiger partial charge in [-0.2, -0.15) is 0 Å². The highest BCUT2D eigenvalue weighted by Crippen LogP contribution is 2.33. The Kier molecular flexibility index (Phi) is 4.48. The fraction of sp³-hybridized carbons (Fsp3) is 0.316. The van der Waals surface area contributed by atoms with Crippen molar-refractivity contribution in [3.8, 4) is 5.75 Å². The zero-order valence-corrected chi connectivity index (χ0v) is 13.8. The van der Waals surface area contributed by atoms with E-state index in [0.717, 1.165) is 16.7 Å². The van der Waals surface area contributed by atoms with Gasteiger partial charge in [-0.15, -0.1) is 0 Å². The first kappa shape index (κ1) is 17.0. The predicted octanol–water partition coefficient (Wildman–Crippen LogP) is 4.30. The monoisotopic (exact) mass is 314 g/mol. The highest BCUT2D eigenvalue weighted by atomic mass is 16.7. The number of hydrogen-bond donors (Lipinski definition) is 2. The lowest BCUT2D eigenvalue weighted by atomic mass is 9.77. The van der Waals surface area contributed by atoms with Crippen LogP contribution in [0.15, 0.2) is 48.5 Å². The number of hydrogen-bond acceptors (Lipinski definition) is 3. The fourth-order valence-electron chi connectivity index (χ4n) is 2.50. The van der Waals surface area contributed by atoms with E-state index in [1.54, 1.807) is 26.0 Å². The summed E-state index contributed by atoms with van der Waals surface area (Å²) in [5.41, 5.74) is 1.91. The second-order valence-electron chi connectivity index (χ2n) is 6.65. The molecule has 2 rings (SSSR count). The molecule has 0 spiro atoms. The van der Waals surface area contributed by atoms with Crippen molar-refractivity contribution in [3.05, 3.63) is 65.2 Å². The predicted molar refractivity (Wildman–Crippen MR) is 88.9 cm³/mol. The second-order valence-corrected chi connectivity index (χ2v) is 6.65. The van der Waals surface area contributed by atoms with Crippen LogP contribution in [-0.2, 0) is 11.0 Å². The molecule has 0 fully saturated rings. The van der Waals surface area contributed by atoms with Crippen molar-refractivity contribution < 1.29 is 19.7 Å². The molecule has 0 heterocycles. The Morgan fingerprint density at radius 3 is 1.61 bits per heavy atom. The third-order valence-corrected chi connectivity index (χ3v) is 4.09. The van der Waals surface area contributed by atoms with Gasteiger partial charge in [0, 0.05) is 5.41 Å². The highest BCUT2D eigenvalue weighted by molar-refractivity contribution is 5.61. The van der Waals surface area contributed by atoms with E-state index in [2.05, 4.69) is 18.6 Å². The molecular formula is C19H22O4. The van der Waals surface area contributed by atoms with Gasteiger partial charge in [-0.3, -0.25) is 0 Å². The standard InChI is InChI=1S/C19H22O4/c1-18(2,13-5-7-15(8-6-13)19(3,4)22)14-9-11-16(12-10-14)23-17(20)21/h5-12,22H,1-4H3,(H,20,21). The lowest BCUT2D eigenvalue weighted by Crippen LogP contribution is -2.20. The molecule has 23 heavy (non-hydrogen) atoms. The minimum Gasteiger partial charge on any atom is -0.449 e. The maximum absolute atomic E-state index is 10.5. The van der Waals surface area contributed by atoms with Gasteiger partial charge in [0.05, 0.1) is 5.60 Å². The molecule has 4 heteroatoms. The molecule has 0 unspecified atom stereocenters. The van der Waals surface area contributed by atoms with E-state index >= 15 is 0 Å². The van der Waals surface area contributed by atoms with Crippen LogP contribution in [0.2, 0.25) is 0 Å². The zero-order chi connectivity index (χ0) is 17.3. The lowest BCUT2D eigenvalue weighted by Gasteiger charge is -2.27. The van der Waals surface area contributed by atoms with Crippen LogP contribution in [-0.4, -0.2) is 16.4 Å². The van der Waals surface area contributed by atoms with Crippen molar-refractivity contribution >= 4 is 6.16 Å². The third kappa shape index (κ3) is 3.90. The number of carbonyl (C=O) groups is 1. The Morgan fingerprint density at radius 2 is 1.22 bits per heavy atom. The molecule has 122 valence electrons. The van der Waals surface area contributed by atoms with Gasteiger partial charge in [-0.25, -0.2) is 4.79 Å². The number of benzene rings is 2. The summed E-state index contributed by atoms with van der Waals surface area (Å²) < 4.78 is 4.63. The first-order valence-electron chi connectivity index (χ1n) is 7.45. The minimum absolute atomic E-state index is 0.250. The SMILES string of the molecule is CC(C)(O)c1ccc(C(C)(C)c2ccc(OC(=O)O)cc2)cc1. The molecule has 4 nitrogen and oxygen atoms in total. The molecule has 2 aromatic rings. The molecule has 0 aliphatic rings. The molecular weight excluding hydrogens is 292 g/mol. The molecule has 0 radical (unpaired) electrons. The van der Waals surface area contributed by atoms with Crippen molar-refractivity contribution in [2.75, 3.05) is 0 Å². The molecule has 2 N–H and O–H groups in total. The van der Waals surface area contributed by atoms with Crippen LogP contribution < -0.4 is 4.74 Å². The fourth-order valence-corrected chi connectivity index (χ4v) is 2.50. The van der Waals surface area contributed by atoms with E-state index in [-0.39, 0.29) is 5.41 Å². The van der Waals surface area contributed by atoms with E-state index < -0.39 is 11.8 Å². The quantitative estimate of drug-likeness (QED) is 0.652. The molecule has 0 aromatic heterocycles. The Morgan fingerprint density at radius 1 is 0.826 bits per heavy atom. The molecule has 0 saturated carbocycles. The first-order valence-corrected chi connectivity index (χ1v) is 7.45. The summed E-state index contributed by atoms with van der Waals surface area (Å²) in [5.74, 6) is 0.300. The molecule has 2 aromatic carbocycles. The van der Waals surface area contributed by atoms with E-state index in [1.807, 2.05) is 36.4 Å². The van der Waals surface area contributed by atoms with Crippen molar-refractivity contribution in [2.24, 2.45) is 0 Å². The molecule has 0 aliphatic carbocycles. The van der Waals surface area contributed by atoms with Crippen LogP contribution in [0.25, 0.3) is 0 Å². The summed E-state index contributed by atoms with van der Waals surface area (Å²) >= 11 is 0. The topological polar surface area (TPSA) is 66.8 Å². The third-order valence-electron chi connectivity index (χ3n) is 4.09. The summed E-state index contributed by atoms with van der Waals surface area (Å²) in [6.07, 6.45) is -1.32. The van der Waals surface area contributed by atoms with Crippen molar-refractivity contribution in [2.45, 2.75) is 38.7 Å². The van der Waals surface area contributed by atoms with Gasteiger partial charge in [0.2, 0.25) is 0 Å². The van der Waals surface area contributed by atoms with Crippen molar-refractivity contribution in [1.29, 1.82) is 0 Å². The van der Waals surface area contributed by atoms with Gasteiger partial charge in [-0.05, 0) is 42.7 Å². The summed E-state index contributed by atoms with van der Waals surface area (Å²) in [6, 6.07) is 14.9. The van der Waals surface area contributed by atoms with Gasteiger partial charge in [0.15, 0.2) is 0 Å². The summed E-state index contributed by atoms with van der Waals surface area (Å²) in [7, 11) is 0. The zero-order valence-electron chi connectivity index (χ0n) is 13.8. The maximum atomic E-state index is 10.5. The number of ether oxygens (including phenoxy) is 1. The van der Waals surface area contributed by atoms with Gasteiger partial charge >= 0.3 is 6.16 Å². The smallest absolute Gasteiger partial charge is 0.449 e.